The van der Waals surface area contributed by atoms with E-state index >= 15 is 0 Å². The van der Waals surface area contributed by atoms with Gasteiger partial charge < -0.3 is 0 Å². The number of hydrogen-bond donors (Lipinski definition) is 1. The molecule has 0 aliphatic heterocycles. The van der Waals surface area contributed by atoms with Crippen molar-refractivity contribution in [3.8, 4) is 0 Å². The van der Waals surface area contributed by atoms with Crippen LogP contribution in [-0.4, -0.2) is 15.6 Å². The van der Waals surface area contributed by atoms with Crippen molar-refractivity contribution in [2.24, 2.45) is 5.10 Å². The Morgan fingerprint density at radius 3 is 2.28 bits per heavy atom. The molecule has 158 valence electrons. The van der Waals surface area contributed by atoms with Gasteiger partial charge in [-0.05, 0) is 23.8 Å². The summed E-state index contributed by atoms with van der Waals surface area (Å²) in [7, 11) is 0. The molecule has 0 amide bonds. The van der Waals surface area contributed by atoms with E-state index in [1.165, 1.54) is 12.1 Å². The van der Waals surface area contributed by atoms with Gasteiger partial charge in [0.25, 0.3) is 5.69 Å². The Bertz CT molecular complexity index is 1360. The van der Waals surface area contributed by atoms with Gasteiger partial charge in [-0.2, -0.15) is 5.10 Å². The van der Waals surface area contributed by atoms with Gasteiger partial charge in [0, 0.05) is 17.2 Å². The predicted octanol–water partition coefficient (Wildman–Crippen LogP) is 5.83. The maximum absolute atomic E-state index is 11.5. The molecule has 0 saturated heterocycles. The molecule has 0 heterocycles. The van der Waals surface area contributed by atoms with Crippen LogP contribution in [0, 0.1) is 27.2 Å². The van der Waals surface area contributed by atoms with Crippen LogP contribution in [0.5, 0.6) is 0 Å². The van der Waals surface area contributed by atoms with Crippen LogP contribution >= 0.6 is 0 Å². The van der Waals surface area contributed by atoms with Crippen molar-refractivity contribution in [1.29, 1.82) is 0 Å². The Morgan fingerprint density at radius 1 is 0.844 bits per heavy atom. The molecule has 32 heavy (non-hydrogen) atoms. The summed E-state index contributed by atoms with van der Waals surface area (Å²) in [6.45, 7) is 1.98. The van der Waals surface area contributed by atoms with Gasteiger partial charge in [-0.3, -0.25) is 25.7 Å². The fraction of sp³-hybridized carbons (Fsp3) is 0.0417. The fourth-order valence-corrected chi connectivity index (χ4v) is 3.42. The number of fused-ring (bicyclic) bond motifs is 1. The van der Waals surface area contributed by atoms with Gasteiger partial charge in [-0.25, -0.2) is 0 Å². The van der Waals surface area contributed by atoms with Crippen molar-refractivity contribution >= 4 is 33.5 Å². The second-order valence-electron chi connectivity index (χ2n) is 7.18. The van der Waals surface area contributed by atoms with Crippen LogP contribution in [0.15, 0.2) is 90.0 Å². The number of rotatable bonds is 6. The first-order valence-corrected chi connectivity index (χ1v) is 9.76. The van der Waals surface area contributed by atoms with E-state index in [4.69, 9.17) is 0 Å². The zero-order valence-electron chi connectivity index (χ0n) is 17.1. The molecule has 8 nitrogen and oxygen atoms in total. The number of nitrogens with one attached hydrogen (secondary N) is 1. The van der Waals surface area contributed by atoms with Gasteiger partial charge in [0.1, 0.15) is 5.69 Å². The molecule has 8 heteroatoms. The van der Waals surface area contributed by atoms with E-state index in [9.17, 15) is 20.2 Å². The van der Waals surface area contributed by atoms with Crippen LogP contribution in [0.2, 0.25) is 0 Å². The molecular weight excluding hydrogens is 408 g/mol. The van der Waals surface area contributed by atoms with Gasteiger partial charge in [-0.15, -0.1) is 0 Å². The average molecular weight is 426 g/mol. The molecule has 0 fully saturated rings. The molecule has 0 radical (unpaired) electrons. The highest BCUT2D eigenvalue weighted by molar-refractivity contribution is 6.19. The number of benzene rings is 4. The number of non-ortho nitro benzene ring substituents is 1. The molecule has 0 unspecified atom stereocenters. The molecule has 0 aliphatic rings. The van der Waals surface area contributed by atoms with Crippen LogP contribution in [0.3, 0.4) is 0 Å². The molecular formula is C24H18N4O4. The van der Waals surface area contributed by atoms with Crippen LogP contribution in [0.4, 0.5) is 17.1 Å². The molecule has 0 atom stereocenters. The number of hydrazone groups is 1. The van der Waals surface area contributed by atoms with Crippen LogP contribution in [0.25, 0.3) is 10.8 Å². The monoisotopic (exact) mass is 426 g/mol. The largest absolute Gasteiger partial charge is 0.301 e. The number of anilines is 1. The van der Waals surface area contributed by atoms with E-state index in [-0.39, 0.29) is 11.4 Å². The van der Waals surface area contributed by atoms with Gasteiger partial charge in [0.2, 0.25) is 0 Å². The smallest absolute Gasteiger partial charge is 0.271 e. The minimum absolute atomic E-state index is 0.0606. The normalized spacial score (nSPS) is 11.3. The average Bonchev–Trinajstić information content (AvgIpc) is 2.80. The van der Waals surface area contributed by atoms with E-state index < -0.39 is 15.5 Å². The predicted molar refractivity (Wildman–Crippen MR) is 124 cm³/mol. The summed E-state index contributed by atoms with van der Waals surface area (Å²) in [6, 6.07) is 24.9. The number of nitro groups is 2. The maximum atomic E-state index is 11.5. The summed E-state index contributed by atoms with van der Waals surface area (Å²) in [6.07, 6.45) is 0. The standard InChI is InChI=1S/C24H18N4O4/c1-16-9-11-18(12-10-16)24(21-8-4-6-17-5-2-3-7-20(17)21)26-25-22-14-13-19(27(29)30)15-23(22)28(31)32/h2-15,25H,1H3/b26-24+. The van der Waals surface area contributed by atoms with E-state index in [2.05, 4.69) is 10.5 Å². The molecule has 0 spiro atoms. The van der Waals surface area contributed by atoms with Gasteiger partial charge >= 0.3 is 5.69 Å². The Hall–Kier alpha value is -4.59. The second kappa shape index (κ2) is 8.65. The molecule has 4 rings (SSSR count). The van der Waals surface area contributed by atoms with Crippen LogP contribution in [-0.2, 0) is 0 Å². The number of nitro benzene ring substituents is 2. The summed E-state index contributed by atoms with van der Waals surface area (Å²) in [5, 5.41) is 29.0. The first-order valence-electron chi connectivity index (χ1n) is 9.76. The molecule has 1 N–H and O–H groups in total. The van der Waals surface area contributed by atoms with E-state index in [0.29, 0.717) is 5.71 Å². The zero-order chi connectivity index (χ0) is 22.7. The highest BCUT2D eigenvalue weighted by Gasteiger charge is 2.20. The highest BCUT2D eigenvalue weighted by atomic mass is 16.6. The minimum atomic E-state index is -0.673. The molecule has 0 saturated carbocycles. The lowest BCUT2D eigenvalue weighted by atomic mass is 9.96. The summed E-state index contributed by atoms with van der Waals surface area (Å²) in [5.41, 5.74) is 5.39. The second-order valence-corrected chi connectivity index (χ2v) is 7.18. The van der Waals surface area contributed by atoms with E-state index in [0.717, 1.165) is 33.5 Å². The van der Waals surface area contributed by atoms with Crippen molar-refractivity contribution in [2.45, 2.75) is 6.92 Å². The highest BCUT2D eigenvalue weighted by Crippen LogP contribution is 2.30. The Kier molecular flexibility index (Phi) is 5.59. The Labute approximate surface area is 183 Å². The third-order valence-corrected chi connectivity index (χ3v) is 5.05. The number of nitrogens with zero attached hydrogens (tertiary/aromatic N) is 3. The van der Waals surface area contributed by atoms with Gasteiger partial charge in [0.05, 0.1) is 21.6 Å². The van der Waals surface area contributed by atoms with Crippen LogP contribution in [0.1, 0.15) is 16.7 Å². The fourth-order valence-electron chi connectivity index (χ4n) is 3.42. The summed E-state index contributed by atoms with van der Waals surface area (Å²) in [5.74, 6) is 0. The van der Waals surface area contributed by atoms with Crippen molar-refractivity contribution in [2.75, 3.05) is 5.43 Å². The van der Waals surface area contributed by atoms with E-state index in [1.807, 2.05) is 73.7 Å². The van der Waals surface area contributed by atoms with Gasteiger partial charge in [0.15, 0.2) is 0 Å². The maximum Gasteiger partial charge on any atom is 0.301 e. The summed E-state index contributed by atoms with van der Waals surface area (Å²) < 4.78 is 0. The Balaban J connectivity index is 1.85. The Morgan fingerprint density at radius 2 is 1.56 bits per heavy atom. The molecule has 4 aromatic carbocycles. The lowest BCUT2D eigenvalue weighted by Crippen LogP contribution is -2.08. The molecule has 0 aliphatic carbocycles. The summed E-state index contributed by atoms with van der Waals surface area (Å²) in [4.78, 5) is 21.2. The minimum Gasteiger partial charge on any atom is -0.271 e. The lowest BCUT2D eigenvalue weighted by molar-refractivity contribution is -0.393. The SMILES string of the molecule is Cc1ccc(/C(=N\Nc2ccc([N+](=O)[O-])cc2[N+](=O)[O-])c2cccc3ccccc23)cc1. The topological polar surface area (TPSA) is 111 Å². The first kappa shape index (κ1) is 20.7. The lowest BCUT2D eigenvalue weighted by Gasteiger charge is -2.12. The first-order chi connectivity index (χ1) is 15.4. The van der Waals surface area contributed by atoms with Crippen molar-refractivity contribution < 1.29 is 9.85 Å². The van der Waals surface area contributed by atoms with E-state index in [1.54, 1.807) is 0 Å². The number of aryl methyl sites for hydroxylation is 1. The quantitative estimate of drug-likeness (QED) is 0.237. The van der Waals surface area contributed by atoms with Crippen molar-refractivity contribution in [1.82, 2.24) is 0 Å². The van der Waals surface area contributed by atoms with Crippen molar-refractivity contribution in [3.05, 3.63) is 122 Å². The molecule has 0 aromatic heterocycles. The zero-order valence-corrected chi connectivity index (χ0v) is 17.1. The molecule has 4 aromatic rings. The third-order valence-electron chi connectivity index (χ3n) is 5.05. The van der Waals surface area contributed by atoms with Crippen LogP contribution < -0.4 is 5.43 Å². The summed E-state index contributed by atoms with van der Waals surface area (Å²) >= 11 is 0. The van der Waals surface area contributed by atoms with Crippen molar-refractivity contribution in [3.63, 3.8) is 0 Å². The third kappa shape index (κ3) is 4.15. The molecule has 0 bridgehead atoms. The van der Waals surface area contributed by atoms with Gasteiger partial charge in [-0.1, -0.05) is 72.3 Å². The number of hydrogen-bond acceptors (Lipinski definition) is 6.